The average molecular weight is 1730 g/mol. The smallest absolute Gasteiger partial charge is 0.872 e. The second kappa shape index (κ2) is 67.6. The van der Waals surface area contributed by atoms with E-state index >= 15 is 0 Å². The number of hydrogen-bond acceptors (Lipinski definition) is 15. The van der Waals surface area contributed by atoms with Gasteiger partial charge in [0.25, 0.3) is 0 Å². The van der Waals surface area contributed by atoms with E-state index in [1.54, 1.807) is 60.7 Å². The molecule has 5 saturated heterocycles. The zero-order valence-corrected chi connectivity index (χ0v) is 76.2. The molecule has 75 heavy (non-hydrogen) atoms. The molecule has 0 unspecified atom stereocenters. The molecule has 0 atom stereocenters. The van der Waals surface area contributed by atoms with Crippen molar-refractivity contribution in [2.75, 3.05) is 132 Å². The van der Waals surface area contributed by atoms with E-state index in [1.165, 1.54) is 60.7 Å². The monoisotopic (exact) mass is 1720 g/mol. The minimum atomic E-state index is 0. The molecular formula is C50H60Br5O15Rb5. The van der Waals surface area contributed by atoms with Gasteiger partial charge in [0.05, 0.1) is 132 Å². The first-order chi connectivity index (χ1) is 33.9. The van der Waals surface area contributed by atoms with E-state index in [2.05, 4.69) is 79.6 Å². The van der Waals surface area contributed by atoms with Crippen LogP contribution in [0.5, 0.6) is 28.7 Å². The van der Waals surface area contributed by atoms with Crippen LogP contribution in [-0.4, -0.2) is 132 Å². The molecule has 0 amide bonds. The summed E-state index contributed by atoms with van der Waals surface area (Å²) < 4.78 is 54.2. The molecule has 5 aliphatic rings. The third kappa shape index (κ3) is 65.9. The summed E-state index contributed by atoms with van der Waals surface area (Å²) in [4.78, 5) is 0. The van der Waals surface area contributed by atoms with Crippen molar-refractivity contribution in [1.29, 1.82) is 0 Å². The Kier molecular flexibility index (Phi) is 81.0. The maximum atomic E-state index is 10.4. The van der Waals surface area contributed by atoms with Crippen LogP contribution >= 0.6 is 79.6 Å². The second-order valence-corrected chi connectivity index (χ2v) is 18.0. The SMILES string of the molecule is C1COCCO1.C1COCCO1.C1COCCO1.C1COCCO1.C1COCCO1.[O-]c1ccc(Br)cc1.[O-]c1ccc(Br)cc1.[O-]c1ccc(Br)cc1.[O-]c1ccc(Br)cc1.[O-]c1ccc(Br)cc1.[Rb+].[Rb+].[Rb+].[Rb+].[Rb+]. The van der Waals surface area contributed by atoms with Crippen LogP contribution in [0.2, 0.25) is 0 Å². The number of halogens is 5. The molecule has 0 saturated carbocycles. The van der Waals surface area contributed by atoms with Crippen molar-refractivity contribution in [3.05, 3.63) is 144 Å². The summed E-state index contributed by atoms with van der Waals surface area (Å²) in [6.07, 6.45) is 0. The van der Waals surface area contributed by atoms with Gasteiger partial charge in [-0.2, -0.15) is 0 Å². The zero-order chi connectivity index (χ0) is 51.1. The summed E-state index contributed by atoms with van der Waals surface area (Å²) in [5, 5.41) is 52.0. The molecule has 5 aromatic rings. The minimum Gasteiger partial charge on any atom is -0.872 e. The number of benzene rings is 5. The van der Waals surface area contributed by atoms with Crippen molar-refractivity contribution in [3.63, 3.8) is 0 Å². The zero-order valence-electron chi connectivity index (χ0n) is 43.7. The summed E-state index contributed by atoms with van der Waals surface area (Å²) >= 11 is 16.0. The molecular weight excluding hydrogens is 1670 g/mol. The van der Waals surface area contributed by atoms with Crippen LogP contribution in [-0.2, 0) is 47.4 Å². The molecule has 390 valence electrons. The van der Waals surface area contributed by atoms with Gasteiger partial charge in [0.15, 0.2) is 0 Å². The van der Waals surface area contributed by atoms with Gasteiger partial charge in [0.2, 0.25) is 0 Å². The average Bonchev–Trinajstić information content (AvgIpc) is 3.42. The first kappa shape index (κ1) is 89.9. The predicted molar refractivity (Wildman–Crippen MR) is 276 cm³/mol. The van der Waals surface area contributed by atoms with Crippen LogP contribution in [0.15, 0.2) is 144 Å². The van der Waals surface area contributed by atoms with Crippen LogP contribution in [0.1, 0.15) is 0 Å². The van der Waals surface area contributed by atoms with E-state index in [4.69, 9.17) is 47.4 Å². The third-order valence-corrected chi connectivity index (χ3v) is 10.4. The quantitative estimate of drug-likeness (QED) is 0.141. The Morgan fingerprint density at radius 3 is 0.320 bits per heavy atom. The van der Waals surface area contributed by atoms with Crippen LogP contribution in [0.4, 0.5) is 0 Å². The van der Waals surface area contributed by atoms with Gasteiger partial charge in [-0.1, -0.05) is 140 Å². The number of ether oxygens (including phenoxy) is 10. The first-order valence-corrected chi connectivity index (χ1v) is 25.8. The van der Waals surface area contributed by atoms with Crippen molar-refractivity contribution in [2.24, 2.45) is 0 Å². The molecule has 0 radical (unpaired) electrons. The van der Waals surface area contributed by atoms with Crippen LogP contribution < -0.4 is 316 Å². The van der Waals surface area contributed by atoms with Crippen LogP contribution in [0, 0.1) is 0 Å². The fourth-order valence-electron chi connectivity index (χ4n) is 4.37. The van der Waals surface area contributed by atoms with Gasteiger partial charge >= 0.3 is 291 Å². The predicted octanol–water partition coefficient (Wildman–Crippen LogP) is -7.20. The van der Waals surface area contributed by atoms with Gasteiger partial charge in [0.1, 0.15) is 0 Å². The summed E-state index contributed by atoms with van der Waals surface area (Å²) in [6.45, 7) is 15.6. The molecule has 0 bridgehead atoms. The van der Waals surface area contributed by atoms with Gasteiger partial charge in [-0.15, -0.1) is 28.7 Å². The Labute approximate surface area is 730 Å². The minimum absolute atomic E-state index is 0. The van der Waals surface area contributed by atoms with E-state index in [0.717, 1.165) is 155 Å². The Bertz CT molecular complexity index is 1410. The van der Waals surface area contributed by atoms with Crippen LogP contribution in [0.3, 0.4) is 0 Å². The molecule has 25 heteroatoms. The van der Waals surface area contributed by atoms with Crippen molar-refractivity contribution in [1.82, 2.24) is 0 Å². The van der Waals surface area contributed by atoms with Crippen LogP contribution in [0.25, 0.3) is 0 Å². The van der Waals surface area contributed by atoms with Crippen molar-refractivity contribution >= 4 is 79.6 Å². The molecule has 10 rings (SSSR count). The van der Waals surface area contributed by atoms with E-state index in [1.807, 2.05) is 0 Å². The fraction of sp³-hybridized carbons (Fsp3) is 0.400. The summed E-state index contributed by atoms with van der Waals surface area (Å²) in [5.41, 5.74) is 0. The van der Waals surface area contributed by atoms with Crippen molar-refractivity contribution in [3.8, 4) is 28.7 Å². The maximum Gasteiger partial charge on any atom is 1.00 e. The maximum absolute atomic E-state index is 10.4. The van der Waals surface area contributed by atoms with Gasteiger partial charge < -0.3 is 72.9 Å². The van der Waals surface area contributed by atoms with Gasteiger partial charge in [0, 0.05) is 22.4 Å². The summed E-state index contributed by atoms with van der Waals surface area (Å²) in [7, 11) is 0. The molecule has 5 aromatic carbocycles. The Balaban J connectivity index is -0.000000241. The van der Waals surface area contributed by atoms with Gasteiger partial charge in [-0.05, 0) is 60.7 Å². The molecule has 0 aliphatic carbocycles. The first-order valence-electron chi connectivity index (χ1n) is 21.8. The number of hydrogen-bond donors (Lipinski definition) is 0. The van der Waals surface area contributed by atoms with E-state index in [9.17, 15) is 25.5 Å². The Morgan fingerprint density at radius 1 is 0.187 bits per heavy atom. The normalized spacial score (nSPS) is 14.5. The standard InChI is InChI=1S/5C6H5BrO.5C4H8O2.5Rb/c5*7-5-1-3-6(8)4-2-5;5*1-2-6-4-3-5-1;;;;;/h5*1-4,8H;5*1-4H2;;;;;/q;;;;;;;;;;5*+1/p-5. The molecule has 0 spiro atoms. The number of rotatable bonds is 0. The van der Waals surface area contributed by atoms with Gasteiger partial charge in [-0.3, -0.25) is 0 Å². The van der Waals surface area contributed by atoms with Crippen molar-refractivity contribution < 1.29 is 364 Å². The van der Waals surface area contributed by atoms with E-state index in [0.29, 0.717) is 0 Å². The fourth-order valence-corrected chi connectivity index (χ4v) is 5.69. The molecule has 5 heterocycles. The summed E-state index contributed by atoms with van der Waals surface area (Å²) in [5.74, 6) is 0.246. The molecule has 5 fully saturated rings. The van der Waals surface area contributed by atoms with E-state index in [-0.39, 0.29) is 320 Å². The third-order valence-electron chi connectivity index (χ3n) is 7.79. The molecule has 0 N–H and O–H groups in total. The van der Waals surface area contributed by atoms with Crippen molar-refractivity contribution in [2.45, 2.75) is 0 Å². The Morgan fingerprint density at radius 2 is 0.267 bits per heavy atom. The molecule has 15 nitrogen and oxygen atoms in total. The van der Waals surface area contributed by atoms with Gasteiger partial charge in [-0.25, -0.2) is 0 Å². The molecule has 0 aromatic heterocycles. The molecule has 5 aliphatic heterocycles. The second-order valence-electron chi connectivity index (χ2n) is 13.4. The summed E-state index contributed by atoms with van der Waals surface area (Å²) in [6, 6.07) is 32.4. The topological polar surface area (TPSA) is 208 Å². The van der Waals surface area contributed by atoms with E-state index < -0.39 is 0 Å². The Hall–Kier alpha value is 6.13. The largest absolute Gasteiger partial charge is 1.00 e.